The van der Waals surface area contributed by atoms with Crippen molar-refractivity contribution in [2.75, 3.05) is 13.1 Å². The smallest absolute Gasteiger partial charge is 0.366 e. The lowest BCUT2D eigenvalue weighted by Crippen LogP contribution is -2.32. The number of fused-ring (bicyclic) bond motifs is 2. The van der Waals surface area contributed by atoms with Crippen molar-refractivity contribution in [3.63, 3.8) is 0 Å². The number of imidazole rings is 1. The highest BCUT2D eigenvalue weighted by atomic mass is 19.4. The summed E-state index contributed by atoms with van der Waals surface area (Å²) in [6.45, 7) is 1.60. The van der Waals surface area contributed by atoms with Gasteiger partial charge in [-0.1, -0.05) is 12.8 Å². The number of hydrogen-bond donors (Lipinski definition) is 1. The summed E-state index contributed by atoms with van der Waals surface area (Å²) in [4.78, 5) is 35.3. The minimum absolute atomic E-state index is 0.0734. The van der Waals surface area contributed by atoms with Crippen molar-refractivity contribution in [3.05, 3.63) is 47.5 Å². The molecule has 5 rings (SSSR count). The molecular weight excluding hydrogens is 475 g/mol. The molecule has 2 N–H and O–H groups in total. The number of likely N-dealkylation sites (tertiary alicyclic amines) is 1. The van der Waals surface area contributed by atoms with Gasteiger partial charge in [0.2, 0.25) is 5.91 Å². The summed E-state index contributed by atoms with van der Waals surface area (Å²) in [5.41, 5.74) is 7.62. The van der Waals surface area contributed by atoms with Gasteiger partial charge in [0.25, 0.3) is 5.91 Å². The minimum atomic E-state index is -4.54. The van der Waals surface area contributed by atoms with Gasteiger partial charge in [-0.25, -0.2) is 4.98 Å². The number of amides is 2. The third-order valence-electron chi connectivity index (χ3n) is 6.39. The zero-order valence-electron chi connectivity index (χ0n) is 19.5. The van der Waals surface area contributed by atoms with Crippen LogP contribution in [0.2, 0.25) is 0 Å². The van der Waals surface area contributed by atoms with Gasteiger partial charge in [0.1, 0.15) is 23.6 Å². The van der Waals surface area contributed by atoms with Crippen molar-refractivity contribution in [2.24, 2.45) is 5.73 Å². The van der Waals surface area contributed by atoms with Crippen molar-refractivity contribution in [2.45, 2.75) is 45.3 Å². The highest BCUT2D eigenvalue weighted by molar-refractivity contribution is 5.99. The first kappa shape index (κ1) is 23.8. The molecule has 1 aliphatic heterocycles. The van der Waals surface area contributed by atoms with Crippen LogP contribution in [0.3, 0.4) is 0 Å². The standard InChI is InChI=1S/C24H24F3N7O2/c1-14-8-15(21(28)35)12-33-19(11-30-22(14)33)20-16-10-29-17(23(36)32-6-4-2-3-5-7-32)9-18(16)34(31-20)13-24(25,26)27/h8-12H,2-7,13H2,1H3,(H2,28,35). The monoisotopic (exact) mass is 499 g/mol. The largest absolute Gasteiger partial charge is 0.408 e. The first-order valence-corrected chi connectivity index (χ1v) is 11.6. The Hall–Kier alpha value is -3.96. The predicted molar refractivity (Wildman–Crippen MR) is 125 cm³/mol. The van der Waals surface area contributed by atoms with E-state index in [-0.39, 0.29) is 28.4 Å². The van der Waals surface area contributed by atoms with E-state index in [2.05, 4.69) is 15.1 Å². The number of rotatable bonds is 4. The van der Waals surface area contributed by atoms with Crippen LogP contribution in [-0.4, -0.2) is 60.1 Å². The quantitative estimate of drug-likeness (QED) is 0.460. The Morgan fingerprint density at radius 1 is 1.06 bits per heavy atom. The maximum Gasteiger partial charge on any atom is 0.408 e. The van der Waals surface area contributed by atoms with Gasteiger partial charge in [0.05, 0.1) is 23.0 Å². The molecule has 0 unspecified atom stereocenters. The van der Waals surface area contributed by atoms with Gasteiger partial charge < -0.3 is 10.6 Å². The fourth-order valence-electron chi connectivity index (χ4n) is 4.67. The van der Waals surface area contributed by atoms with Crippen molar-refractivity contribution in [1.29, 1.82) is 0 Å². The van der Waals surface area contributed by atoms with Gasteiger partial charge in [-0.15, -0.1) is 0 Å². The van der Waals surface area contributed by atoms with Crippen molar-refractivity contribution < 1.29 is 22.8 Å². The number of aromatic nitrogens is 5. The van der Waals surface area contributed by atoms with Gasteiger partial charge in [-0.3, -0.25) is 23.7 Å². The molecule has 4 aromatic heterocycles. The second kappa shape index (κ2) is 8.92. The Labute approximate surface area is 203 Å². The molecule has 0 aromatic carbocycles. The van der Waals surface area contributed by atoms with Crippen LogP contribution in [0.1, 0.15) is 52.1 Å². The van der Waals surface area contributed by atoms with Crippen molar-refractivity contribution >= 4 is 28.4 Å². The highest BCUT2D eigenvalue weighted by Gasteiger charge is 2.31. The Morgan fingerprint density at radius 2 is 1.78 bits per heavy atom. The number of halogens is 3. The third kappa shape index (κ3) is 4.38. The molecule has 0 radical (unpaired) electrons. The molecule has 36 heavy (non-hydrogen) atoms. The van der Waals surface area contributed by atoms with Crippen LogP contribution in [-0.2, 0) is 6.54 Å². The van der Waals surface area contributed by atoms with E-state index in [9.17, 15) is 22.8 Å². The topological polar surface area (TPSA) is 111 Å². The molecule has 0 saturated carbocycles. The number of carbonyl (C=O) groups excluding carboxylic acids is 2. The lowest BCUT2D eigenvalue weighted by atomic mass is 10.1. The van der Waals surface area contributed by atoms with Crippen LogP contribution in [0.25, 0.3) is 27.9 Å². The fourth-order valence-corrected chi connectivity index (χ4v) is 4.67. The molecule has 0 atom stereocenters. The van der Waals surface area contributed by atoms with E-state index in [0.717, 1.165) is 30.4 Å². The number of hydrogen-bond acceptors (Lipinski definition) is 5. The predicted octanol–water partition coefficient (Wildman–Crippen LogP) is 3.73. The summed E-state index contributed by atoms with van der Waals surface area (Å²) >= 11 is 0. The van der Waals surface area contributed by atoms with Crippen LogP contribution < -0.4 is 5.73 Å². The SMILES string of the molecule is Cc1cc(C(N)=O)cn2c(-c3nn(CC(F)(F)F)c4cc(C(=O)N5CCCCCC5)ncc34)cnc12. The summed E-state index contributed by atoms with van der Waals surface area (Å²) in [6, 6.07) is 2.96. The first-order valence-electron chi connectivity index (χ1n) is 11.6. The van der Waals surface area contributed by atoms with E-state index >= 15 is 0 Å². The summed E-state index contributed by atoms with van der Waals surface area (Å²) in [6.07, 6.45) is 3.62. The molecule has 1 saturated heterocycles. The molecule has 2 amide bonds. The first-order chi connectivity index (χ1) is 17.1. The van der Waals surface area contributed by atoms with Gasteiger partial charge in [0, 0.05) is 30.9 Å². The zero-order chi connectivity index (χ0) is 25.6. The van der Waals surface area contributed by atoms with Crippen LogP contribution in [0.4, 0.5) is 13.2 Å². The van der Waals surface area contributed by atoms with E-state index in [0.29, 0.717) is 35.4 Å². The number of primary amides is 1. The maximum absolute atomic E-state index is 13.4. The molecule has 4 aromatic rings. The van der Waals surface area contributed by atoms with E-state index in [1.807, 2.05) is 0 Å². The van der Waals surface area contributed by atoms with Crippen molar-refractivity contribution in [3.8, 4) is 11.4 Å². The molecule has 1 fully saturated rings. The number of alkyl halides is 3. The Morgan fingerprint density at radius 3 is 2.44 bits per heavy atom. The van der Waals surface area contributed by atoms with Gasteiger partial charge in [-0.05, 0) is 37.5 Å². The summed E-state index contributed by atoms with van der Waals surface area (Å²) in [7, 11) is 0. The van der Waals surface area contributed by atoms with Gasteiger partial charge >= 0.3 is 6.18 Å². The Kier molecular flexibility index (Phi) is 5.89. The second-order valence-corrected chi connectivity index (χ2v) is 9.03. The van der Waals surface area contributed by atoms with Crippen LogP contribution in [0.15, 0.2) is 30.7 Å². The number of aryl methyl sites for hydroxylation is 1. The molecule has 1 aliphatic rings. The second-order valence-electron chi connectivity index (χ2n) is 9.03. The molecule has 12 heteroatoms. The molecule has 9 nitrogen and oxygen atoms in total. The van der Waals surface area contributed by atoms with Gasteiger partial charge in [-0.2, -0.15) is 18.3 Å². The summed E-state index contributed by atoms with van der Waals surface area (Å²) < 4.78 is 42.7. The average molecular weight is 499 g/mol. The normalized spacial score (nSPS) is 14.9. The highest BCUT2D eigenvalue weighted by Crippen LogP contribution is 2.31. The fraction of sp³-hybridized carbons (Fsp3) is 0.375. The molecule has 188 valence electrons. The van der Waals surface area contributed by atoms with E-state index < -0.39 is 18.6 Å². The zero-order valence-corrected chi connectivity index (χ0v) is 19.5. The lowest BCUT2D eigenvalue weighted by molar-refractivity contribution is -0.141. The van der Waals surface area contributed by atoms with E-state index in [1.54, 1.807) is 22.3 Å². The van der Waals surface area contributed by atoms with Crippen molar-refractivity contribution in [1.82, 2.24) is 29.0 Å². The average Bonchev–Trinajstić information content (AvgIpc) is 3.27. The molecular formula is C24H24F3N7O2. The van der Waals surface area contributed by atoms with Crippen LogP contribution in [0.5, 0.6) is 0 Å². The number of nitrogens with two attached hydrogens (primary N) is 1. The summed E-state index contributed by atoms with van der Waals surface area (Å²) in [5, 5.41) is 4.58. The van der Waals surface area contributed by atoms with E-state index in [4.69, 9.17) is 5.73 Å². The molecule has 5 heterocycles. The van der Waals surface area contributed by atoms with Crippen LogP contribution >= 0.6 is 0 Å². The minimum Gasteiger partial charge on any atom is -0.366 e. The third-order valence-corrected chi connectivity index (χ3v) is 6.39. The molecule has 0 spiro atoms. The van der Waals surface area contributed by atoms with Crippen LogP contribution in [0, 0.1) is 6.92 Å². The number of nitrogens with zero attached hydrogens (tertiary/aromatic N) is 6. The number of carbonyl (C=O) groups is 2. The lowest BCUT2D eigenvalue weighted by Gasteiger charge is -2.19. The summed E-state index contributed by atoms with van der Waals surface area (Å²) in [5.74, 6) is -0.956. The molecule has 0 bridgehead atoms. The Bertz CT molecular complexity index is 1480. The number of pyridine rings is 2. The maximum atomic E-state index is 13.4. The van der Waals surface area contributed by atoms with Gasteiger partial charge in [0.15, 0.2) is 0 Å². The Balaban J connectivity index is 1.66. The van der Waals surface area contributed by atoms with E-state index in [1.165, 1.54) is 24.7 Å². The molecule has 0 aliphatic carbocycles.